The minimum absolute atomic E-state index is 0.0151. The Morgan fingerprint density at radius 2 is 2.06 bits per heavy atom. The van der Waals surface area contributed by atoms with Crippen molar-refractivity contribution in [3.8, 4) is 0 Å². The molecule has 0 spiro atoms. The summed E-state index contributed by atoms with van der Waals surface area (Å²) in [6.07, 6.45) is 0.987. The molecule has 1 heterocycles. The minimum Gasteiger partial charge on any atom is -0.465 e. The van der Waals surface area contributed by atoms with Gasteiger partial charge in [-0.2, -0.15) is 0 Å². The molecule has 1 saturated heterocycles. The van der Waals surface area contributed by atoms with Gasteiger partial charge >= 0.3 is 5.97 Å². The third-order valence-corrected chi connectivity index (χ3v) is 3.28. The first-order valence-electron chi connectivity index (χ1n) is 6.20. The summed E-state index contributed by atoms with van der Waals surface area (Å²) in [5, 5.41) is 0. The first kappa shape index (κ1) is 12.1. The Hall–Kier alpha value is -1.35. The third-order valence-electron chi connectivity index (χ3n) is 3.28. The molecule has 1 aliphatic heterocycles. The van der Waals surface area contributed by atoms with Crippen molar-refractivity contribution in [3.63, 3.8) is 0 Å². The molecule has 1 fully saturated rings. The number of carbonyl (C=O) groups excluding carboxylic acids is 1. The Kier molecular flexibility index (Phi) is 3.79. The average molecular weight is 233 g/mol. The van der Waals surface area contributed by atoms with Crippen LogP contribution in [0, 0.1) is 0 Å². The second-order valence-electron chi connectivity index (χ2n) is 4.41. The summed E-state index contributed by atoms with van der Waals surface area (Å²) in [4.78, 5) is 13.8. The van der Waals surface area contributed by atoms with Gasteiger partial charge in [-0.1, -0.05) is 30.3 Å². The van der Waals surface area contributed by atoms with Gasteiger partial charge in [-0.15, -0.1) is 0 Å². The lowest BCUT2D eigenvalue weighted by molar-refractivity contribution is -0.143. The van der Waals surface area contributed by atoms with Crippen molar-refractivity contribution in [1.82, 2.24) is 4.90 Å². The normalized spacial score (nSPS) is 26.6. The van der Waals surface area contributed by atoms with Crippen LogP contribution >= 0.6 is 0 Å². The molecule has 3 heteroatoms. The molecule has 17 heavy (non-hydrogen) atoms. The van der Waals surface area contributed by atoms with E-state index in [0.717, 1.165) is 13.0 Å². The second kappa shape index (κ2) is 5.32. The summed E-state index contributed by atoms with van der Waals surface area (Å²) < 4.78 is 5.04. The highest BCUT2D eigenvalue weighted by Crippen LogP contribution is 2.28. The monoisotopic (exact) mass is 233 g/mol. The zero-order chi connectivity index (χ0) is 12.3. The van der Waals surface area contributed by atoms with Gasteiger partial charge in [0.25, 0.3) is 0 Å². The molecule has 1 unspecified atom stereocenters. The van der Waals surface area contributed by atoms with E-state index in [9.17, 15) is 4.79 Å². The van der Waals surface area contributed by atoms with Crippen LogP contribution in [0.2, 0.25) is 0 Å². The van der Waals surface area contributed by atoms with Crippen LogP contribution in [-0.2, 0) is 16.0 Å². The quantitative estimate of drug-likeness (QED) is 0.574. The zero-order valence-corrected chi connectivity index (χ0v) is 10.4. The van der Waals surface area contributed by atoms with Crippen molar-refractivity contribution in [3.05, 3.63) is 35.9 Å². The van der Waals surface area contributed by atoms with Gasteiger partial charge < -0.3 is 4.74 Å². The maximum absolute atomic E-state index is 11.6. The second-order valence-corrected chi connectivity index (χ2v) is 4.41. The number of nitrogens with zero attached hydrogens (tertiary/aromatic N) is 1. The van der Waals surface area contributed by atoms with Crippen LogP contribution < -0.4 is 0 Å². The molecule has 2 rings (SSSR count). The Morgan fingerprint density at radius 1 is 1.35 bits per heavy atom. The number of esters is 1. The van der Waals surface area contributed by atoms with Gasteiger partial charge in [0.1, 0.15) is 6.04 Å². The van der Waals surface area contributed by atoms with Crippen LogP contribution in [0.1, 0.15) is 19.4 Å². The van der Waals surface area contributed by atoms with Crippen LogP contribution in [0.15, 0.2) is 30.3 Å². The lowest BCUT2D eigenvalue weighted by Gasteiger charge is -2.04. The van der Waals surface area contributed by atoms with Crippen molar-refractivity contribution in [2.24, 2.45) is 0 Å². The lowest BCUT2D eigenvalue weighted by Crippen LogP contribution is -2.17. The van der Waals surface area contributed by atoms with Crippen LogP contribution in [-0.4, -0.2) is 36.1 Å². The van der Waals surface area contributed by atoms with E-state index in [1.807, 2.05) is 25.1 Å². The van der Waals surface area contributed by atoms with Gasteiger partial charge in [-0.25, -0.2) is 0 Å². The standard InChI is InChI=1S/C14H19NO2/c1-3-17-14(16)13-11(2)15(13)10-9-12-7-5-4-6-8-12/h4-8,11,13H,3,9-10H2,1-2H3/t11-,13+,15?/m0/s1. The molecule has 0 bridgehead atoms. The van der Waals surface area contributed by atoms with Crippen LogP contribution in [0.3, 0.4) is 0 Å². The molecule has 0 saturated carbocycles. The highest BCUT2D eigenvalue weighted by molar-refractivity contribution is 5.80. The number of hydrogen-bond acceptors (Lipinski definition) is 3. The Balaban J connectivity index is 1.80. The molecular formula is C14H19NO2. The maximum Gasteiger partial charge on any atom is 0.324 e. The molecular weight excluding hydrogens is 214 g/mol. The first-order chi connectivity index (χ1) is 8.24. The topological polar surface area (TPSA) is 29.3 Å². The van der Waals surface area contributed by atoms with E-state index in [-0.39, 0.29) is 12.0 Å². The molecule has 0 aromatic heterocycles. The van der Waals surface area contributed by atoms with E-state index in [4.69, 9.17) is 4.74 Å². The SMILES string of the molecule is CCOC(=O)[C@H]1[C@H](C)N1CCc1ccccc1. The molecule has 0 radical (unpaired) electrons. The van der Waals surface area contributed by atoms with Crippen molar-refractivity contribution in [2.45, 2.75) is 32.4 Å². The zero-order valence-electron chi connectivity index (χ0n) is 10.4. The fourth-order valence-corrected chi connectivity index (χ4v) is 2.21. The number of hydrogen-bond donors (Lipinski definition) is 0. The van der Waals surface area contributed by atoms with E-state index >= 15 is 0 Å². The molecule has 3 nitrogen and oxygen atoms in total. The van der Waals surface area contributed by atoms with Crippen molar-refractivity contribution in [1.29, 1.82) is 0 Å². The lowest BCUT2D eigenvalue weighted by atomic mass is 10.1. The summed E-state index contributed by atoms with van der Waals surface area (Å²) in [6, 6.07) is 10.7. The van der Waals surface area contributed by atoms with Crippen molar-refractivity contribution >= 4 is 5.97 Å². The first-order valence-corrected chi connectivity index (χ1v) is 6.20. The molecule has 1 aromatic rings. The molecule has 0 amide bonds. The molecule has 92 valence electrons. The third kappa shape index (κ3) is 2.86. The molecule has 1 aliphatic rings. The number of ether oxygens (including phenoxy) is 1. The summed E-state index contributed by atoms with van der Waals surface area (Å²) in [6.45, 7) is 5.31. The smallest absolute Gasteiger partial charge is 0.324 e. The van der Waals surface area contributed by atoms with E-state index in [2.05, 4.69) is 24.0 Å². The minimum atomic E-state index is -0.0759. The highest BCUT2D eigenvalue weighted by Gasteiger charge is 2.49. The Labute approximate surface area is 102 Å². The molecule has 1 aromatic carbocycles. The van der Waals surface area contributed by atoms with Crippen LogP contribution in [0.5, 0.6) is 0 Å². The maximum atomic E-state index is 11.6. The van der Waals surface area contributed by atoms with E-state index in [1.165, 1.54) is 5.56 Å². The average Bonchev–Trinajstić information content (AvgIpc) is 2.99. The van der Waals surface area contributed by atoms with Gasteiger partial charge in [0, 0.05) is 12.6 Å². The predicted octanol–water partition coefficient (Wildman–Crippen LogP) is 1.86. The number of carbonyl (C=O) groups is 1. The van der Waals surface area contributed by atoms with Crippen LogP contribution in [0.4, 0.5) is 0 Å². The van der Waals surface area contributed by atoms with Crippen LogP contribution in [0.25, 0.3) is 0 Å². The fraction of sp³-hybridized carbons (Fsp3) is 0.500. The Morgan fingerprint density at radius 3 is 2.71 bits per heavy atom. The van der Waals surface area contributed by atoms with Gasteiger partial charge in [-0.05, 0) is 25.8 Å². The molecule has 3 atom stereocenters. The summed E-state index contributed by atoms with van der Waals surface area (Å²) >= 11 is 0. The van der Waals surface area contributed by atoms with E-state index < -0.39 is 0 Å². The highest BCUT2D eigenvalue weighted by atomic mass is 16.5. The van der Waals surface area contributed by atoms with Crippen molar-refractivity contribution in [2.75, 3.05) is 13.2 Å². The number of benzene rings is 1. The van der Waals surface area contributed by atoms with E-state index in [1.54, 1.807) is 0 Å². The largest absolute Gasteiger partial charge is 0.465 e. The van der Waals surface area contributed by atoms with Crippen molar-refractivity contribution < 1.29 is 9.53 Å². The van der Waals surface area contributed by atoms with E-state index in [0.29, 0.717) is 12.6 Å². The summed E-state index contributed by atoms with van der Waals surface area (Å²) in [5.74, 6) is -0.0759. The number of rotatable bonds is 5. The van der Waals surface area contributed by atoms with Gasteiger partial charge in [0.15, 0.2) is 0 Å². The van der Waals surface area contributed by atoms with Gasteiger partial charge in [0.05, 0.1) is 6.61 Å². The molecule has 0 aliphatic carbocycles. The molecule has 0 N–H and O–H groups in total. The summed E-state index contributed by atoms with van der Waals surface area (Å²) in [5.41, 5.74) is 1.31. The van der Waals surface area contributed by atoms with Gasteiger partial charge in [0.2, 0.25) is 0 Å². The summed E-state index contributed by atoms with van der Waals surface area (Å²) in [7, 11) is 0. The fourth-order valence-electron chi connectivity index (χ4n) is 2.21. The van der Waals surface area contributed by atoms with Gasteiger partial charge in [-0.3, -0.25) is 9.69 Å². The Bertz CT molecular complexity index is 377. The predicted molar refractivity (Wildman–Crippen MR) is 66.7 cm³/mol.